The van der Waals surface area contributed by atoms with Gasteiger partial charge in [-0.2, -0.15) is 0 Å². The van der Waals surface area contributed by atoms with E-state index < -0.39 is 10.0 Å². The second-order valence-electron chi connectivity index (χ2n) is 5.57. The Morgan fingerprint density at radius 2 is 2.05 bits per heavy atom. The van der Waals surface area contributed by atoms with Gasteiger partial charge >= 0.3 is 0 Å². The predicted octanol–water partition coefficient (Wildman–Crippen LogP) is 1.80. The van der Waals surface area contributed by atoms with Crippen LogP contribution in [0.25, 0.3) is 0 Å². The number of nitrogens with zero attached hydrogens (tertiary/aromatic N) is 2. The molecular weight excluding hydrogens is 274 g/mol. The summed E-state index contributed by atoms with van der Waals surface area (Å²) in [6.45, 7) is 8.31. The molecule has 6 heteroatoms. The number of hydrogen-bond acceptors (Lipinski definition) is 3. The Balaban J connectivity index is 2.86. The highest BCUT2D eigenvalue weighted by atomic mass is 32.2. The van der Waals surface area contributed by atoms with Gasteiger partial charge in [0.25, 0.3) is 0 Å². The fraction of sp³-hybridized carbons (Fsp3) is 0.714. The van der Waals surface area contributed by atoms with Crippen LogP contribution in [0.1, 0.15) is 32.9 Å². The summed E-state index contributed by atoms with van der Waals surface area (Å²) in [6.07, 6.45) is 2.56. The number of hydrogen-bond donors (Lipinski definition) is 1. The molecule has 0 amide bonds. The molecule has 0 unspecified atom stereocenters. The molecule has 0 aliphatic heterocycles. The molecule has 0 bridgehead atoms. The van der Waals surface area contributed by atoms with Crippen molar-refractivity contribution in [3.8, 4) is 0 Å². The number of sulfonamides is 1. The van der Waals surface area contributed by atoms with Crippen molar-refractivity contribution in [1.29, 1.82) is 0 Å². The van der Waals surface area contributed by atoms with E-state index in [1.807, 2.05) is 18.5 Å². The lowest BCUT2D eigenvalue weighted by molar-refractivity contribution is 0.428. The van der Waals surface area contributed by atoms with Gasteiger partial charge < -0.3 is 9.88 Å². The van der Waals surface area contributed by atoms with Crippen molar-refractivity contribution in [2.45, 2.75) is 38.6 Å². The Labute approximate surface area is 123 Å². The molecule has 0 atom stereocenters. The van der Waals surface area contributed by atoms with Crippen LogP contribution in [-0.2, 0) is 23.6 Å². The first-order chi connectivity index (χ1) is 9.28. The lowest BCUT2D eigenvalue weighted by Gasteiger charge is -2.17. The summed E-state index contributed by atoms with van der Waals surface area (Å²) < 4.78 is 28.3. The van der Waals surface area contributed by atoms with Crippen LogP contribution >= 0.6 is 0 Å². The zero-order valence-electron chi connectivity index (χ0n) is 13.2. The molecule has 1 heterocycles. The fourth-order valence-electron chi connectivity index (χ4n) is 1.89. The van der Waals surface area contributed by atoms with Crippen LogP contribution in [0, 0.1) is 5.92 Å². The third-order valence-electron chi connectivity index (χ3n) is 3.37. The van der Waals surface area contributed by atoms with Gasteiger partial charge in [-0.05, 0) is 24.9 Å². The van der Waals surface area contributed by atoms with Gasteiger partial charge in [0.1, 0.15) is 4.90 Å². The molecular formula is C14H27N3O2S. The van der Waals surface area contributed by atoms with Crippen molar-refractivity contribution in [2.75, 3.05) is 20.1 Å². The smallest absolute Gasteiger partial charge is 0.244 e. The third kappa shape index (κ3) is 4.33. The summed E-state index contributed by atoms with van der Waals surface area (Å²) in [7, 11) is 0.146. The first-order valence-electron chi connectivity index (χ1n) is 7.11. The number of nitrogens with one attached hydrogen (secondary N) is 1. The second kappa shape index (κ2) is 7.24. The van der Waals surface area contributed by atoms with E-state index in [9.17, 15) is 8.42 Å². The largest absolute Gasteiger partial charge is 0.352 e. The summed E-state index contributed by atoms with van der Waals surface area (Å²) in [4.78, 5) is 0.374. The summed E-state index contributed by atoms with van der Waals surface area (Å²) in [5, 5.41) is 3.21. The third-order valence-corrected chi connectivity index (χ3v) is 5.19. The molecule has 1 N–H and O–H groups in total. The number of aromatic nitrogens is 1. The van der Waals surface area contributed by atoms with Gasteiger partial charge in [-0.3, -0.25) is 0 Å². The molecule has 20 heavy (non-hydrogen) atoms. The van der Waals surface area contributed by atoms with Crippen molar-refractivity contribution in [3.63, 3.8) is 0 Å². The van der Waals surface area contributed by atoms with Gasteiger partial charge in [-0.15, -0.1) is 0 Å². The highest BCUT2D eigenvalue weighted by molar-refractivity contribution is 7.89. The summed E-state index contributed by atoms with van der Waals surface area (Å²) in [6, 6.07) is 1.75. The van der Waals surface area contributed by atoms with E-state index in [-0.39, 0.29) is 0 Å². The zero-order chi connectivity index (χ0) is 15.3. The first-order valence-corrected chi connectivity index (χ1v) is 8.55. The number of aryl methyl sites for hydroxylation is 1. The Kier molecular flexibility index (Phi) is 6.23. The molecule has 0 aromatic carbocycles. The van der Waals surface area contributed by atoms with Crippen LogP contribution in [0.2, 0.25) is 0 Å². The summed E-state index contributed by atoms with van der Waals surface area (Å²) >= 11 is 0. The topological polar surface area (TPSA) is 54.3 Å². The predicted molar refractivity (Wildman–Crippen MR) is 82.1 cm³/mol. The van der Waals surface area contributed by atoms with Crippen molar-refractivity contribution in [1.82, 2.24) is 14.2 Å². The minimum absolute atomic E-state index is 0.374. The van der Waals surface area contributed by atoms with Crippen LogP contribution < -0.4 is 5.32 Å². The Bertz CT molecular complexity index is 521. The molecule has 1 rings (SSSR count). The van der Waals surface area contributed by atoms with Gasteiger partial charge in [0.05, 0.1) is 0 Å². The normalized spacial score (nSPS) is 12.6. The summed E-state index contributed by atoms with van der Waals surface area (Å²) in [5.74, 6) is 0.493. The van der Waals surface area contributed by atoms with E-state index in [0.29, 0.717) is 23.9 Å². The molecule has 0 saturated carbocycles. The fourth-order valence-corrected chi connectivity index (χ4v) is 3.17. The number of rotatable bonds is 8. The SMILES string of the molecule is CCNCc1cc(S(=O)(=O)N(C)CCC(C)C)cn1C. The van der Waals surface area contributed by atoms with Crippen LogP contribution in [0.15, 0.2) is 17.2 Å². The average Bonchev–Trinajstić information content (AvgIpc) is 2.75. The van der Waals surface area contributed by atoms with Crippen LogP contribution in [0.4, 0.5) is 0 Å². The first kappa shape index (κ1) is 17.2. The maximum absolute atomic E-state index is 12.5. The van der Waals surface area contributed by atoms with E-state index in [2.05, 4.69) is 19.2 Å². The molecule has 5 nitrogen and oxygen atoms in total. The second-order valence-corrected chi connectivity index (χ2v) is 7.61. The lowest BCUT2D eigenvalue weighted by atomic mass is 10.1. The molecule has 0 fully saturated rings. The monoisotopic (exact) mass is 301 g/mol. The van der Waals surface area contributed by atoms with Gasteiger partial charge in [0.2, 0.25) is 10.0 Å². The Morgan fingerprint density at radius 1 is 1.40 bits per heavy atom. The van der Waals surface area contributed by atoms with Crippen molar-refractivity contribution >= 4 is 10.0 Å². The highest BCUT2D eigenvalue weighted by Crippen LogP contribution is 2.18. The molecule has 116 valence electrons. The lowest BCUT2D eigenvalue weighted by Crippen LogP contribution is -2.28. The van der Waals surface area contributed by atoms with Crippen molar-refractivity contribution < 1.29 is 8.42 Å². The summed E-state index contributed by atoms with van der Waals surface area (Å²) in [5.41, 5.74) is 0.975. The molecule has 0 saturated heterocycles. The molecule has 0 aliphatic rings. The van der Waals surface area contributed by atoms with Gasteiger partial charge in [0.15, 0.2) is 0 Å². The van der Waals surface area contributed by atoms with E-state index >= 15 is 0 Å². The highest BCUT2D eigenvalue weighted by Gasteiger charge is 2.22. The van der Waals surface area contributed by atoms with Crippen LogP contribution in [0.5, 0.6) is 0 Å². The maximum atomic E-state index is 12.5. The minimum atomic E-state index is -3.38. The van der Waals surface area contributed by atoms with Gasteiger partial charge in [-0.1, -0.05) is 20.8 Å². The van der Waals surface area contributed by atoms with Crippen molar-refractivity contribution in [2.24, 2.45) is 13.0 Å². The van der Waals surface area contributed by atoms with Gasteiger partial charge in [0, 0.05) is 39.1 Å². The van der Waals surface area contributed by atoms with Crippen LogP contribution in [-0.4, -0.2) is 37.4 Å². The van der Waals surface area contributed by atoms with E-state index in [0.717, 1.165) is 18.7 Å². The molecule has 1 aromatic heterocycles. The molecule has 1 aromatic rings. The Hall–Kier alpha value is -0.850. The maximum Gasteiger partial charge on any atom is 0.244 e. The quantitative estimate of drug-likeness (QED) is 0.796. The average molecular weight is 301 g/mol. The van der Waals surface area contributed by atoms with E-state index in [1.165, 1.54) is 4.31 Å². The molecule has 0 aliphatic carbocycles. The molecule has 0 spiro atoms. The van der Waals surface area contributed by atoms with E-state index in [1.54, 1.807) is 19.3 Å². The Morgan fingerprint density at radius 3 is 2.60 bits per heavy atom. The van der Waals surface area contributed by atoms with Crippen LogP contribution in [0.3, 0.4) is 0 Å². The van der Waals surface area contributed by atoms with E-state index in [4.69, 9.17) is 0 Å². The zero-order valence-corrected chi connectivity index (χ0v) is 14.0. The van der Waals surface area contributed by atoms with Crippen molar-refractivity contribution in [3.05, 3.63) is 18.0 Å². The minimum Gasteiger partial charge on any atom is -0.352 e. The standard InChI is InChI=1S/C14H27N3O2S/c1-6-15-10-13-9-14(11-16(13)4)20(18,19)17(5)8-7-12(2)3/h9,11-12,15H,6-8,10H2,1-5H3. The van der Waals surface area contributed by atoms with Gasteiger partial charge in [-0.25, -0.2) is 12.7 Å². The molecule has 0 radical (unpaired) electrons.